The summed E-state index contributed by atoms with van der Waals surface area (Å²) in [5.74, 6) is 1.73. The summed E-state index contributed by atoms with van der Waals surface area (Å²) in [5, 5.41) is 7.99. The van der Waals surface area contributed by atoms with Gasteiger partial charge in [-0.3, -0.25) is 0 Å². The number of halogens is 1. The van der Waals surface area contributed by atoms with E-state index in [1.165, 1.54) is 0 Å². The zero-order valence-corrected chi connectivity index (χ0v) is 13.5. The standard InChI is InChI=1S/C15H20ClN3O2/c1-15(2,3)17-8-7-13-18-14(19-21-13)11-6-5-10(16)9-12(11)20-4/h5-6,9,17H,7-8H2,1-4H3. The number of methoxy groups -OCH3 is 1. The maximum Gasteiger partial charge on any atom is 0.228 e. The van der Waals surface area contributed by atoms with E-state index in [4.69, 9.17) is 20.9 Å². The van der Waals surface area contributed by atoms with Crippen molar-refractivity contribution in [3.05, 3.63) is 29.1 Å². The molecule has 21 heavy (non-hydrogen) atoms. The van der Waals surface area contributed by atoms with Gasteiger partial charge >= 0.3 is 0 Å². The van der Waals surface area contributed by atoms with Crippen molar-refractivity contribution >= 4 is 11.6 Å². The molecule has 2 rings (SSSR count). The summed E-state index contributed by atoms with van der Waals surface area (Å²) >= 11 is 5.95. The van der Waals surface area contributed by atoms with Gasteiger partial charge < -0.3 is 14.6 Å². The lowest BCUT2D eigenvalue weighted by Crippen LogP contribution is -2.37. The second kappa shape index (κ2) is 6.45. The zero-order chi connectivity index (χ0) is 15.5. The molecular weight excluding hydrogens is 290 g/mol. The van der Waals surface area contributed by atoms with Crippen molar-refractivity contribution in [3.8, 4) is 17.1 Å². The molecule has 0 atom stereocenters. The van der Waals surface area contributed by atoms with Crippen LogP contribution < -0.4 is 10.1 Å². The third kappa shape index (κ3) is 4.44. The van der Waals surface area contributed by atoms with Gasteiger partial charge in [0.1, 0.15) is 5.75 Å². The minimum Gasteiger partial charge on any atom is -0.496 e. The number of nitrogens with zero attached hydrogens (tertiary/aromatic N) is 2. The average molecular weight is 310 g/mol. The van der Waals surface area contributed by atoms with Gasteiger partial charge in [-0.05, 0) is 39.0 Å². The Morgan fingerprint density at radius 3 is 2.76 bits per heavy atom. The maximum absolute atomic E-state index is 5.95. The summed E-state index contributed by atoms with van der Waals surface area (Å²) in [7, 11) is 1.59. The first-order valence-electron chi connectivity index (χ1n) is 6.80. The fraction of sp³-hybridized carbons (Fsp3) is 0.467. The van der Waals surface area contributed by atoms with E-state index in [1.807, 2.05) is 6.07 Å². The first kappa shape index (κ1) is 15.8. The lowest BCUT2D eigenvalue weighted by atomic mass is 10.1. The van der Waals surface area contributed by atoms with Crippen molar-refractivity contribution in [1.29, 1.82) is 0 Å². The molecular formula is C15H20ClN3O2. The third-order valence-corrected chi connectivity index (χ3v) is 3.10. The molecule has 0 saturated carbocycles. The first-order valence-corrected chi connectivity index (χ1v) is 7.18. The predicted molar refractivity (Wildman–Crippen MR) is 82.8 cm³/mol. The minimum atomic E-state index is 0.0717. The van der Waals surface area contributed by atoms with Crippen LogP contribution in [-0.2, 0) is 6.42 Å². The molecule has 1 aromatic carbocycles. The Kier molecular flexibility index (Phi) is 4.85. The third-order valence-electron chi connectivity index (χ3n) is 2.87. The van der Waals surface area contributed by atoms with Crippen molar-refractivity contribution in [2.45, 2.75) is 32.7 Å². The molecule has 0 fully saturated rings. The van der Waals surface area contributed by atoms with Crippen LogP contribution in [0.2, 0.25) is 5.02 Å². The number of hydrogen-bond acceptors (Lipinski definition) is 5. The van der Waals surface area contributed by atoms with E-state index in [0.717, 1.165) is 12.1 Å². The molecule has 0 bridgehead atoms. The molecule has 1 aromatic heterocycles. The number of aromatic nitrogens is 2. The highest BCUT2D eigenvalue weighted by Gasteiger charge is 2.14. The molecule has 0 radical (unpaired) electrons. The summed E-state index contributed by atoms with van der Waals surface area (Å²) in [6.07, 6.45) is 0.681. The van der Waals surface area contributed by atoms with Crippen LogP contribution in [0.4, 0.5) is 0 Å². The molecule has 0 spiro atoms. The maximum atomic E-state index is 5.95. The average Bonchev–Trinajstić information content (AvgIpc) is 2.85. The monoisotopic (exact) mass is 309 g/mol. The Morgan fingerprint density at radius 1 is 1.33 bits per heavy atom. The summed E-state index contributed by atoms with van der Waals surface area (Å²) in [6.45, 7) is 7.13. The molecule has 2 aromatic rings. The van der Waals surface area contributed by atoms with E-state index in [0.29, 0.717) is 28.9 Å². The molecule has 0 saturated heterocycles. The highest BCUT2D eigenvalue weighted by atomic mass is 35.5. The van der Waals surface area contributed by atoms with Crippen LogP contribution in [0.15, 0.2) is 22.7 Å². The van der Waals surface area contributed by atoms with Crippen LogP contribution in [-0.4, -0.2) is 29.3 Å². The Bertz CT molecular complexity index is 605. The number of ether oxygens (including phenoxy) is 1. The SMILES string of the molecule is COc1cc(Cl)ccc1-c1noc(CCNC(C)(C)C)n1. The van der Waals surface area contributed by atoms with Crippen LogP contribution in [0.1, 0.15) is 26.7 Å². The van der Waals surface area contributed by atoms with E-state index in [9.17, 15) is 0 Å². The molecule has 6 heteroatoms. The summed E-state index contributed by atoms with van der Waals surface area (Å²) in [6, 6.07) is 5.33. The number of hydrogen-bond donors (Lipinski definition) is 1. The summed E-state index contributed by atoms with van der Waals surface area (Å²) < 4.78 is 10.6. The number of benzene rings is 1. The van der Waals surface area contributed by atoms with Gasteiger partial charge in [0.05, 0.1) is 12.7 Å². The first-order chi connectivity index (χ1) is 9.89. The molecule has 1 heterocycles. The number of rotatable bonds is 5. The van der Waals surface area contributed by atoms with E-state index in [-0.39, 0.29) is 5.54 Å². The van der Waals surface area contributed by atoms with E-state index >= 15 is 0 Å². The minimum absolute atomic E-state index is 0.0717. The quantitative estimate of drug-likeness (QED) is 0.918. The Hall–Kier alpha value is -1.59. The van der Waals surface area contributed by atoms with Gasteiger partial charge in [-0.1, -0.05) is 16.8 Å². The van der Waals surface area contributed by atoms with Gasteiger partial charge in [-0.2, -0.15) is 4.98 Å². The fourth-order valence-electron chi connectivity index (χ4n) is 1.86. The fourth-order valence-corrected chi connectivity index (χ4v) is 2.02. The van der Waals surface area contributed by atoms with Crippen molar-refractivity contribution in [2.24, 2.45) is 0 Å². The van der Waals surface area contributed by atoms with Crippen molar-refractivity contribution in [2.75, 3.05) is 13.7 Å². The van der Waals surface area contributed by atoms with Crippen LogP contribution in [0, 0.1) is 0 Å². The molecule has 0 unspecified atom stereocenters. The molecule has 0 aliphatic heterocycles. The zero-order valence-electron chi connectivity index (χ0n) is 12.7. The predicted octanol–water partition coefficient (Wildman–Crippen LogP) is 3.33. The molecule has 0 aliphatic carbocycles. The highest BCUT2D eigenvalue weighted by molar-refractivity contribution is 6.30. The van der Waals surface area contributed by atoms with Crippen molar-refractivity contribution < 1.29 is 9.26 Å². The molecule has 5 nitrogen and oxygen atoms in total. The van der Waals surface area contributed by atoms with Crippen LogP contribution in [0.3, 0.4) is 0 Å². The normalized spacial score (nSPS) is 11.7. The van der Waals surface area contributed by atoms with Gasteiger partial charge in [0.2, 0.25) is 11.7 Å². The number of nitrogens with one attached hydrogen (secondary N) is 1. The molecule has 0 amide bonds. The van der Waals surface area contributed by atoms with Crippen molar-refractivity contribution in [3.63, 3.8) is 0 Å². The Labute approximate surface area is 129 Å². The summed E-state index contributed by atoms with van der Waals surface area (Å²) in [4.78, 5) is 4.40. The van der Waals surface area contributed by atoms with Gasteiger partial charge in [0, 0.05) is 23.5 Å². The second-order valence-corrected chi connectivity index (χ2v) is 6.22. The van der Waals surface area contributed by atoms with E-state index in [2.05, 4.69) is 36.2 Å². The lowest BCUT2D eigenvalue weighted by molar-refractivity contribution is 0.362. The molecule has 114 valence electrons. The molecule has 0 aliphatic rings. The Balaban J connectivity index is 2.09. The van der Waals surface area contributed by atoms with Gasteiger partial charge in [-0.15, -0.1) is 0 Å². The Morgan fingerprint density at radius 2 is 2.10 bits per heavy atom. The van der Waals surface area contributed by atoms with E-state index in [1.54, 1.807) is 19.2 Å². The van der Waals surface area contributed by atoms with E-state index < -0.39 is 0 Å². The highest BCUT2D eigenvalue weighted by Crippen LogP contribution is 2.30. The van der Waals surface area contributed by atoms with Crippen LogP contribution in [0.5, 0.6) is 5.75 Å². The summed E-state index contributed by atoms with van der Waals surface area (Å²) in [5.41, 5.74) is 0.836. The van der Waals surface area contributed by atoms with Gasteiger partial charge in [-0.25, -0.2) is 0 Å². The van der Waals surface area contributed by atoms with Crippen LogP contribution >= 0.6 is 11.6 Å². The molecule has 1 N–H and O–H groups in total. The van der Waals surface area contributed by atoms with Crippen molar-refractivity contribution in [1.82, 2.24) is 15.5 Å². The van der Waals surface area contributed by atoms with Gasteiger partial charge in [0.25, 0.3) is 0 Å². The largest absolute Gasteiger partial charge is 0.496 e. The van der Waals surface area contributed by atoms with Gasteiger partial charge in [0.15, 0.2) is 0 Å². The second-order valence-electron chi connectivity index (χ2n) is 5.78. The topological polar surface area (TPSA) is 60.2 Å². The lowest BCUT2D eigenvalue weighted by Gasteiger charge is -2.19. The smallest absolute Gasteiger partial charge is 0.228 e. The van der Waals surface area contributed by atoms with Crippen LogP contribution in [0.25, 0.3) is 11.4 Å².